The smallest absolute Gasteiger partial charge is 0.0700 e. The van der Waals surface area contributed by atoms with E-state index in [1.807, 2.05) is 6.92 Å². The highest BCUT2D eigenvalue weighted by atomic mass is 16.5. The van der Waals surface area contributed by atoms with Gasteiger partial charge in [0.15, 0.2) is 0 Å². The molecule has 0 aromatic carbocycles. The predicted octanol–water partition coefficient (Wildman–Crippen LogP) is 0.806. The Morgan fingerprint density at radius 1 is 1.20 bits per heavy atom. The summed E-state index contributed by atoms with van der Waals surface area (Å²) in [4.78, 5) is 0. The van der Waals surface area contributed by atoms with E-state index < -0.39 is 0 Å². The Labute approximate surface area is 92.3 Å². The standard InChI is InChI=1S/C11H23NO3/c1-3-15-11-8-10(9-11)12-4-5-14-7-6-13-2/h10-12H,3-9H2,1-2H3. The molecule has 90 valence electrons. The van der Waals surface area contributed by atoms with Crippen LogP contribution in [-0.4, -0.2) is 52.2 Å². The monoisotopic (exact) mass is 217 g/mol. The zero-order valence-electron chi connectivity index (χ0n) is 9.83. The maximum atomic E-state index is 5.48. The molecule has 0 aromatic rings. The summed E-state index contributed by atoms with van der Waals surface area (Å²) >= 11 is 0. The lowest BCUT2D eigenvalue weighted by atomic mass is 9.89. The molecule has 4 heteroatoms. The first-order chi connectivity index (χ1) is 7.36. The Hall–Kier alpha value is -0.160. The van der Waals surface area contributed by atoms with E-state index >= 15 is 0 Å². The first-order valence-electron chi connectivity index (χ1n) is 5.78. The minimum atomic E-state index is 0.488. The number of hydrogen-bond donors (Lipinski definition) is 1. The SMILES string of the molecule is CCOC1CC(NCCOCCOC)C1. The fourth-order valence-electron chi connectivity index (χ4n) is 1.68. The Bertz CT molecular complexity index is 149. The van der Waals surface area contributed by atoms with Crippen molar-refractivity contribution in [1.29, 1.82) is 0 Å². The highest BCUT2D eigenvalue weighted by Gasteiger charge is 2.28. The molecule has 0 heterocycles. The molecule has 1 fully saturated rings. The van der Waals surface area contributed by atoms with E-state index in [0.717, 1.165) is 32.6 Å². The van der Waals surface area contributed by atoms with Gasteiger partial charge in [-0.3, -0.25) is 0 Å². The van der Waals surface area contributed by atoms with E-state index in [9.17, 15) is 0 Å². The van der Waals surface area contributed by atoms with Crippen molar-refractivity contribution in [3.63, 3.8) is 0 Å². The fraction of sp³-hybridized carbons (Fsp3) is 1.00. The molecule has 1 N–H and O–H groups in total. The van der Waals surface area contributed by atoms with Crippen LogP contribution < -0.4 is 5.32 Å². The van der Waals surface area contributed by atoms with E-state index in [2.05, 4.69) is 5.32 Å². The second-order valence-corrected chi connectivity index (χ2v) is 3.80. The van der Waals surface area contributed by atoms with E-state index in [1.54, 1.807) is 7.11 Å². The summed E-state index contributed by atoms with van der Waals surface area (Å²) in [7, 11) is 1.68. The van der Waals surface area contributed by atoms with Crippen LogP contribution in [0.4, 0.5) is 0 Å². The molecule has 0 aromatic heterocycles. The Kier molecular flexibility index (Phi) is 6.92. The van der Waals surface area contributed by atoms with E-state index in [1.165, 1.54) is 0 Å². The molecule has 0 atom stereocenters. The fourth-order valence-corrected chi connectivity index (χ4v) is 1.68. The van der Waals surface area contributed by atoms with Gasteiger partial charge in [-0.25, -0.2) is 0 Å². The maximum absolute atomic E-state index is 5.48. The van der Waals surface area contributed by atoms with Crippen LogP contribution in [0.2, 0.25) is 0 Å². The predicted molar refractivity (Wildman–Crippen MR) is 59.1 cm³/mol. The van der Waals surface area contributed by atoms with E-state index in [0.29, 0.717) is 25.4 Å². The Balaban J connectivity index is 1.78. The van der Waals surface area contributed by atoms with Gasteiger partial charge in [-0.05, 0) is 19.8 Å². The zero-order chi connectivity index (χ0) is 10.9. The Morgan fingerprint density at radius 2 is 2.00 bits per heavy atom. The average molecular weight is 217 g/mol. The quantitative estimate of drug-likeness (QED) is 0.580. The van der Waals surface area contributed by atoms with Crippen molar-refractivity contribution in [3.8, 4) is 0 Å². The molecule has 0 amide bonds. The lowest BCUT2D eigenvalue weighted by Crippen LogP contribution is -2.46. The largest absolute Gasteiger partial charge is 0.382 e. The first kappa shape index (κ1) is 12.9. The van der Waals surface area contributed by atoms with Gasteiger partial charge in [0.1, 0.15) is 0 Å². The molecule has 0 spiro atoms. The normalized spacial score (nSPS) is 25.2. The molecule has 1 saturated carbocycles. The van der Waals surface area contributed by atoms with Crippen LogP contribution in [0.1, 0.15) is 19.8 Å². The van der Waals surface area contributed by atoms with Gasteiger partial charge >= 0.3 is 0 Å². The molecule has 15 heavy (non-hydrogen) atoms. The van der Waals surface area contributed by atoms with Crippen molar-refractivity contribution < 1.29 is 14.2 Å². The van der Waals surface area contributed by atoms with Gasteiger partial charge in [-0.1, -0.05) is 0 Å². The van der Waals surface area contributed by atoms with E-state index in [4.69, 9.17) is 14.2 Å². The van der Waals surface area contributed by atoms with Crippen molar-refractivity contribution in [2.24, 2.45) is 0 Å². The van der Waals surface area contributed by atoms with Crippen LogP contribution in [0.25, 0.3) is 0 Å². The number of nitrogens with one attached hydrogen (secondary N) is 1. The second kappa shape index (κ2) is 8.05. The number of hydrogen-bond acceptors (Lipinski definition) is 4. The zero-order valence-corrected chi connectivity index (χ0v) is 9.83. The van der Waals surface area contributed by atoms with Gasteiger partial charge in [0.25, 0.3) is 0 Å². The number of rotatable bonds is 9. The van der Waals surface area contributed by atoms with Crippen molar-refractivity contribution in [2.45, 2.75) is 31.9 Å². The molecule has 1 aliphatic carbocycles. The van der Waals surface area contributed by atoms with Gasteiger partial charge in [0, 0.05) is 26.3 Å². The molecule has 1 aliphatic rings. The molecule has 0 aliphatic heterocycles. The number of ether oxygens (including phenoxy) is 3. The lowest BCUT2D eigenvalue weighted by molar-refractivity contribution is -0.0120. The van der Waals surface area contributed by atoms with Crippen molar-refractivity contribution in [1.82, 2.24) is 5.32 Å². The average Bonchev–Trinajstić information content (AvgIpc) is 2.19. The van der Waals surface area contributed by atoms with Crippen molar-refractivity contribution in [3.05, 3.63) is 0 Å². The molecule has 1 rings (SSSR count). The minimum absolute atomic E-state index is 0.488. The van der Waals surface area contributed by atoms with Gasteiger partial charge in [0.2, 0.25) is 0 Å². The van der Waals surface area contributed by atoms with Crippen molar-refractivity contribution in [2.75, 3.05) is 40.1 Å². The molecular weight excluding hydrogens is 194 g/mol. The molecule has 0 bridgehead atoms. The summed E-state index contributed by atoms with van der Waals surface area (Å²) in [6.45, 7) is 5.93. The third-order valence-electron chi connectivity index (χ3n) is 2.61. The van der Waals surface area contributed by atoms with Crippen LogP contribution in [0, 0.1) is 0 Å². The molecule has 4 nitrogen and oxygen atoms in total. The molecular formula is C11H23NO3. The van der Waals surface area contributed by atoms with E-state index in [-0.39, 0.29) is 0 Å². The summed E-state index contributed by atoms with van der Waals surface area (Å²) in [6.07, 6.45) is 2.78. The third kappa shape index (κ3) is 5.47. The van der Waals surface area contributed by atoms with Crippen LogP contribution in [-0.2, 0) is 14.2 Å². The first-order valence-corrected chi connectivity index (χ1v) is 5.78. The van der Waals surface area contributed by atoms with Gasteiger partial charge in [-0.2, -0.15) is 0 Å². The molecule has 0 saturated heterocycles. The van der Waals surface area contributed by atoms with Crippen LogP contribution in [0.15, 0.2) is 0 Å². The molecule has 0 unspecified atom stereocenters. The Morgan fingerprint density at radius 3 is 2.67 bits per heavy atom. The van der Waals surface area contributed by atoms with Crippen LogP contribution >= 0.6 is 0 Å². The maximum Gasteiger partial charge on any atom is 0.0700 e. The van der Waals surface area contributed by atoms with Gasteiger partial charge in [-0.15, -0.1) is 0 Å². The molecule has 0 radical (unpaired) electrons. The van der Waals surface area contributed by atoms with Gasteiger partial charge in [0.05, 0.1) is 25.9 Å². The van der Waals surface area contributed by atoms with Crippen LogP contribution in [0.3, 0.4) is 0 Å². The van der Waals surface area contributed by atoms with Crippen molar-refractivity contribution >= 4 is 0 Å². The second-order valence-electron chi connectivity index (χ2n) is 3.80. The lowest BCUT2D eigenvalue weighted by Gasteiger charge is -2.35. The highest BCUT2D eigenvalue weighted by Crippen LogP contribution is 2.22. The topological polar surface area (TPSA) is 39.7 Å². The summed E-state index contributed by atoms with van der Waals surface area (Å²) < 4.78 is 15.7. The summed E-state index contributed by atoms with van der Waals surface area (Å²) in [5, 5.41) is 3.44. The summed E-state index contributed by atoms with van der Waals surface area (Å²) in [6, 6.07) is 0.632. The summed E-state index contributed by atoms with van der Waals surface area (Å²) in [5.74, 6) is 0. The summed E-state index contributed by atoms with van der Waals surface area (Å²) in [5.41, 5.74) is 0. The third-order valence-corrected chi connectivity index (χ3v) is 2.61. The highest BCUT2D eigenvalue weighted by molar-refractivity contribution is 4.85. The number of methoxy groups -OCH3 is 1. The van der Waals surface area contributed by atoms with Crippen LogP contribution in [0.5, 0.6) is 0 Å². The van der Waals surface area contributed by atoms with Gasteiger partial charge < -0.3 is 19.5 Å². The minimum Gasteiger partial charge on any atom is -0.382 e.